The maximum atomic E-state index is 12.7. The van der Waals surface area contributed by atoms with E-state index in [1.807, 2.05) is 33.8 Å². The molecule has 0 aliphatic carbocycles. The number of hydrogen-bond donors (Lipinski definition) is 4. The van der Waals surface area contributed by atoms with Gasteiger partial charge in [0.05, 0.1) is 25.9 Å². The first kappa shape index (κ1) is 23.0. The smallest absolute Gasteiger partial charge is 0.252 e. The Kier molecular flexibility index (Phi) is 7.51. The number of carbonyl (C=O) groups excluding carboxylic acids is 3. The molecule has 0 unspecified atom stereocenters. The number of ketones is 1. The maximum absolute atomic E-state index is 12.7. The molecule has 1 aromatic rings. The molecule has 0 bridgehead atoms. The molecule has 2 rings (SSSR count). The molecule has 2 amide bonds. The molecule has 0 saturated carbocycles. The molecule has 1 fully saturated rings. The van der Waals surface area contributed by atoms with E-state index in [2.05, 4.69) is 10.6 Å². The van der Waals surface area contributed by atoms with Gasteiger partial charge in [-0.1, -0.05) is 31.0 Å². The van der Waals surface area contributed by atoms with Gasteiger partial charge in [-0.05, 0) is 38.3 Å². The van der Waals surface area contributed by atoms with Crippen LogP contribution < -0.4 is 10.6 Å². The van der Waals surface area contributed by atoms with Gasteiger partial charge in [0, 0.05) is 5.56 Å². The minimum Gasteiger partial charge on any atom is -0.394 e. The third-order valence-corrected chi connectivity index (χ3v) is 4.83. The molecule has 3 atom stereocenters. The lowest BCUT2D eigenvalue weighted by Gasteiger charge is -2.24. The third kappa shape index (κ3) is 5.85. The average molecular weight is 406 g/mol. The molecule has 0 spiro atoms. The number of aliphatic hydroxyl groups is 2. The number of carbonyl (C=O) groups is 3. The fraction of sp³-hybridized carbons (Fsp3) is 0.571. The Morgan fingerprint density at radius 3 is 2.10 bits per heavy atom. The zero-order valence-electron chi connectivity index (χ0n) is 17.3. The second-order valence-electron chi connectivity index (χ2n) is 8.08. The van der Waals surface area contributed by atoms with Crippen molar-refractivity contribution in [2.75, 3.05) is 19.8 Å². The lowest BCUT2D eigenvalue weighted by atomic mass is 9.92. The standard InChI is InChI=1S/C21H30N2O6/c1-12(2)5-16(18(26)21(10-25)11-29-21)22-20(28)17(9-24)23-19(27)15-7-13(3)6-14(4)8-15/h6-8,12,16-17,24-25H,5,9-11H2,1-4H3,(H,22,28)(H,23,27)/t16-,17-,21+/m0/s1. The minimum atomic E-state index is -1.26. The third-order valence-electron chi connectivity index (χ3n) is 4.83. The summed E-state index contributed by atoms with van der Waals surface area (Å²) in [7, 11) is 0. The van der Waals surface area contributed by atoms with Crippen LogP contribution >= 0.6 is 0 Å². The fourth-order valence-corrected chi connectivity index (χ4v) is 3.23. The number of rotatable bonds is 10. The van der Waals surface area contributed by atoms with E-state index in [9.17, 15) is 24.6 Å². The number of epoxide rings is 1. The summed E-state index contributed by atoms with van der Waals surface area (Å²) in [6.45, 7) is 6.56. The number of benzene rings is 1. The monoisotopic (exact) mass is 406 g/mol. The quantitative estimate of drug-likeness (QED) is 0.413. The van der Waals surface area contributed by atoms with Gasteiger partial charge in [0.1, 0.15) is 6.04 Å². The second-order valence-corrected chi connectivity index (χ2v) is 8.08. The Hall–Kier alpha value is -2.29. The Bertz CT molecular complexity index is 752. The SMILES string of the molecule is Cc1cc(C)cc(C(=O)N[C@@H](CO)C(=O)N[C@@H](CC(C)C)C(=O)[C@@]2(CO)CO2)c1. The molecule has 1 heterocycles. The number of Topliss-reactive ketones (excluding diaryl/α,β-unsaturated/α-hetero) is 1. The van der Waals surface area contributed by atoms with Crippen LogP contribution in [0, 0.1) is 19.8 Å². The first-order chi connectivity index (χ1) is 13.6. The summed E-state index contributed by atoms with van der Waals surface area (Å²) in [4.78, 5) is 37.9. The largest absolute Gasteiger partial charge is 0.394 e. The molecule has 0 radical (unpaired) electrons. The van der Waals surface area contributed by atoms with Crippen molar-refractivity contribution >= 4 is 17.6 Å². The first-order valence-electron chi connectivity index (χ1n) is 9.71. The number of aryl methyl sites for hydroxylation is 2. The highest BCUT2D eigenvalue weighted by atomic mass is 16.6. The summed E-state index contributed by atoms with van der Waals surface area (Å²) in [5, 5.41) is 24.2. The van der Waals surface area contributed by atoms with Crippen molar-refractivity contribution in [2.45, 2.75) is 51.8 Å². The van der Waals surface area contributed by atoms with E-state index in [4.69, 9.17) is 4.74 Å². The van der Waals surface area contributed by atoms with Crippen LogP contribution in [0.15, 0.2) is 18.2 Å². The molecule has 8 nitrogen and oxygen atoms in total. The van der Waals surface area contributed by atoms with Crippen LogP contribution in [-0.4, -0.2) is 65.3 Å². The molecule has 1 aliphatic rings. The highest BCUT2D eigenvalue weighted by Crippen LogP contribution is 2.30. The van der Waals surface area contributed by atoms with E-state index in [-0.39, 0.29) is 12.5 Å². The second kappa shape index (κ2) is 9.47. The molecule has 160 valence electrons. The normalized spacial score (nSPS) is 20.1. The van der Waals surface area contributed by atoms with Crippen molar-refractivity contribution in [2.24, 2.45) is 5.92 Å². The fourth-order valence-electron chi connectivity index (χ4n) is 3.23. The number of hydrogen-bond acceptors (Lipinski definition) is 6. The Labute approximate surface area is 170 Å². The van der Waals surface area contributed by atoms with Crippen molar-refractivity contribution in [3.8, 4) is 0 Å². The maximum Gasteiger partial charge on any atom is 0.252 e. The van der Waals surface area contributed by atoms with Crippen molar-refractivity contribution in [3.63, 3.8) is 0 Å². The van der Waals surface area contributed by atoms with E-state index in [0.29, 0.717) is 12.0 Å². The van der Waals surface area contributed by atoms with E-state index in [1.165, 1.54) is 0 Å². The molecule has 8 heteroatoms. The summed E-state index contributed by atoms with van der Waals surface area (Å²) in [5.74, 6) is -1.47. The molecule has 29 heavy (non-hydrogen) atoms. The van der Waals surface area contributed by atoms with Crippen LogP contribution in [0.5, 0.6) is 0 Å². The van der Waals surface area contributed by atoms with Crippen LogP contribution in [0.1, 0.15) is 41.8 Å². The van der Waals surface area contributed by atoms with Gasteiger partial charge in [-0.2, -0.15) is 0 Å². The van der Waals surface area contributed by atoms with E-state index in [1.54, 1.807) is 12.1 Å². The number of aliphatic hydroxyl groups excluding tert-OH is 2. The van der Waals surface area contributed by atoms with Crippen molar-refractivity contribution in [1.82, 2.24) is 10.6 Å². The molecule has 1 saturated heterocycles. The number of amides is 2. The van der Waals surface area contributed by atoms with E-state index < -0.39 is 48.5 Å². The zero-order chi connectivity index (χ0) is 21.8. The predicted octanol–water partition coefficient (Wildman–Crippen LogP) is 0.255. The molecule has 1 aromatic carbocycles. The predicted molar refractivity (Wildman–Crippen MR) is 106 cm³/mol. The summed E-state index contributed by atoms with van der Waals surface area (Å²) < 4.78 is 5.11. The molecular formula is C21H30N2O6. The lowest BCUT2D eigenvalue weighted by molar-refractivity contribution is -0.133. The van der Waals surface area contributed by atoms with Gasteiger partial charge in [-0.25, -0.2) is 0 Å². The number of ether oxygens (including phenoxy) is 1. The number of nitrogens with one attached hydrogen (secondary N) is 2. The van der Waals surface area contributed by atoms with Gasteiger partial charge in [0.15, 0.2) is 11.4 Å². The Morgan fingerprint density at radius 2 is 1.66 bits per heavy atom. The van der Waals surface area contributed by atoms with Crippen LogP contribution in [0.2, 0.25) is 0 Å². The minimum absolute atomic E-state index is 0.0937. The topological polar surface area (TPSA) is 128 Å². The van der Waals surface area contributed by atoms with Crippen molar-refractivity contribution in [1.29, 1.82) is 0 Å². The molecular weight excluding hydrogens is 376 g/mol. The molecule has 0 aromatic heterocycles. The van der Waals surface area contributed by atoms with Gasteiger partial charge in [0.2, 0.25) is 5.91 Å². The first-order valence-corrected chi connectivity index (χ1v) is 9.71. The van der Waals surface area contributed by atoms with Crippen LogP contribution in [0.4, 0.5) is 0 Å². The average Bonchev–Trinajstić information content (AvgIpc) is 3.44. The van der Waals surface area contributed by atoms with Gasteiger partial charge in [-0.15, -0.1) is 0 Å². The lowest BCUT2D eigenvalue weighted by Crippen LogP contribution is -2.55. The summed E-state index contributed by atoms with van der Waals surface area (Å²) in [5.41, 5.74) is 0.932. The van der Waals surface area contributed by atoms with Gasteiger partial charge < -0.3 is 25.6 Å². The Balaban J connectivity index is 2.09. The van der Waals surface area contributed by atoms with E-state index >= 15 is 0 Å². The van der Waals surface area contributed by atoms with Gasteiger partial charge >= 0.3 is 0 Å². The van der Waals surface area contributed by atoms with Gasteiger partial charge in [0.25, 0.3) is 5.91 Å². The van der Waals surface area contributed by atoms with Crippen LogP contribution in [-0.2, 0) is 14.3 Å². The zero-order valence-corrected chi connectivity index (χ0v) is 17.3. The van der Waals surface area contributed by atoms with Crippen LogP contribution in [0.3, 0.4) is 0 Å². The Morgan fingerprint density at radius 1 is 1.07 bits per heavy atom. The van der Waals surface area contributed by atoms with Gasteiger partial charge in [-0.3, -0.25) is 14.4 Å². The highest BCUT2D eigenvalue weighted by molar-refractivity contribution is 6.00. The van der Waals surface area contributed by atoms with Crippen molar-refractivity contribution in [3.05, 3.63) is 34.9 Å². The van der Waals surface area contributed by atoms with Crippen LogP contribution in [0.25, 0.3) is 0 Å². The summed E-state index contributed by atoms with van der Waals surface area (Å²) >= 11 is 0. The highest BCUT2D eigenvalue weighted by Gasteiger charge is 2.54. The summed E-state index contributed by atoms with van der Waals surface area (Å²) in [6, 6.07) is 3.21. The van der Waals surface area contributed by atoms with E-state index in [0.717, 1.165) is 11.1 Å². The molecule has 1 aliphatic heterocycles. The van der Waals surface area contributed by atoms with Crippen molar-refractivity contribution < 1.29 is 29.3 Å². The molecule has 4 N–H and O–H groups in total. The summed E-state index contributed by atoms with van der Waals surface area (Å²) in [6.07, 6.45) is 0.346.